The van der Waals surface area contributed by atoms with Crippen LogP contribution in [0.4, 0.5) is 17.1 Å². The van der Waals surface area contributed by atoms with Crippen LogP contribution in [0.15, 0.2) is 158 Å². The second-order valence-electron chi connectivity index (χ2n) is 11.2. The smallest absolute Gasteiger partial charge is 0.0555 e. The number of rotatable bonds is 4. The molecule has 0 spiro atoms. The van der Waals surface area contributed by atoms with Crippen molar-refractivity contribution in [2.24, 2.45) is 0 Å². The maximum atomic E-state index is 4.54. The Morgan fingerprint density at radius 2 is 1.18 bits per heavy atom. The predicted octanol–water partition coefficient (Wildman–Crippen LogP) is 12.0. The summed E-state index contributed by atoms with van der Waals surface area (Å²) in [7, 11) is 0. The molecule has 2 heterocycles. The molecule has 206 valence electrons. The molecular weight excluding hydrogens is 553 g/mol. The van der Waals surface area contributed by atoms with Gasteiger partial charge >= 0.3 is 0 Å². The molecule has 0 radical (unpaired) electrons. The van der Waals surface area contributed by atoms with Gasteiger partial charge < -0.3 is 4.90 Å². The standard InChI is InChI=1S/C41H26N2S/c1-2-9-27(10-3-1)28-17-20-30(21-18-28)43(37-15-8-16-40-41(37)36-26-42-24-23-39(36)44-40)38-25-35-31-12-5-4-11-29(31)19-22-33(35)32-13-6-7-14-34(32)38/h1-26H. The molecule has 44 heavy (non-hydrogen) atoms. The van der Waals surface area contributed by atoms with Gasteiger partial charge in [0.2, 0.25) is 0 Å². The largest absolute Gasteiger partial charge is 0.309 e. The third-order valence-electron chi connectivity index (χ3n) is 8.73. The molecule has 9 rings (SSSR count). The summed E-state index contributed by atoms with van der Waals surface area (Å²) in [6.45, 7) is 0. The van der Waals surface area contributed by atoms with Gasteiger partial charge in [-0.25, -0.2) is 0 Å². The van der Waals surface area contributed by atoms with Gasteiger partial charge in [0.25, 0.3) is 0 Å². The highest BCUT2D eigenvalue weighted by Crippen LogP contribution is 2.48. The van der Waals surface area contributed by atoms with E-state index in [1.165, 1.54) is 63.6 Å². The number of thiophene rings is 1. The number of fused-ring (bicyclic) bond motifs is 8. The van der Waals surface area contributed by atoms with Gasteiger partial charge in [-0.3, -0.25) is 4.98 Å². The van der Waals surface area contributed by atoms with Crippen molar-refractivity contribution in [2.45, 2.75) is 0 Å². The van der Waals surface area contributed by atoms with Gasteiger partial charge in [-0.1, -0.05) is 109 Å². The van der Waals surface area contributed by atoms with Crippen molar-refractivity contribution < 1.29 is 0 Å². The van der Waals surface area contributed by atoms with Crippen LogP contribution in [0.2, 0.25) is 0 Å². The molecule has 3 heteroatoms. The molecule has 2 aromatic heterocycles. The van der Waals surface area contributed by atoms with Crippen LogP contribution in [-0.4, -0.2) is 4.98 Å². The minimum Gasteiger partial charge on any atom is -0.309 e. The van der Waals surface area contributed by atoms with Crippen LogP contribution in [-0.2, 0) is 0 Å². The van der Waals surface area contributed by atoms with E-state index in [9.17, 15) is 0 Å². The lowest BCUT2D eigenvalue weighted by molar-refractivity contribution is 1.32. The highest BCUT2D eigenvalue weighted by Gasteiger charge is 2.22. The minimum absolute atomic E-state index is 1.12. The van der Waals surface area contributed by atoms with Crippen LogP contribution in [0.3, 0.4) is 0 Å². The number of pyridine rings is 1. The molecule has 0 saturated heterocycles. The molecule has 0 aliphatic carbocycles. The Morgan fingerprint density at radius 1 is 0.455 bits per heavy atom. The lowest BCUT2D eigenvalue weighted by Crippen LogP contribution is -2.11. The summed E-state index contributed by atoms with van der Waals surface area (Å²) in [6, 6.07) is 52.8. The number of hydrogen-bond acceptors (Lipinski definition) is 3. The second-order valence-corrected chi connectivity index (χ2v) is 12.3. The molecule has 0 fully saturated rings. The van der Waals surface area contributed by atoms with Gasteiger partial charge in [0.1, 0.15) is 0 Å². The quantitative estimate of drug-likeness (QED) is 0.193. The summed E-state index contributed by atoms with van der Waals surface area (Å²) >= 11 is 1.82. The summed E-state index contributed by atoms with van der Waals surface area (Å²) in [4.78, 5) is 7.00. The fourth-order valence-electron chi connectivity index (χ4n) is 6.71. The number of nitrogens with zero attached hydrogens (tertiary/aromatic N) is 2. The van der Waals surface area contributed by atoms with Crippen LogP contribution in [0, 0.1) is 0 Å². The zero-order valence-corrected chi connectivity index (χ0v) is 24.6. The van der Waals surface area contributed by atoms with E-state index < -0.39 is 0 Å². The van der Waals surface area contributed by atoms with Gasteiger partial charge in [-0.2, -0.15) is 0 Å². The highest BCUT2D eigenvalue weighted by molar-refractivity contribution is 7.25. The first-order valence-electron chi connectivity index (χ1n) is 14.9. The lowest BCUT2D eigenvalue weighted by Gasteiger charge is -2.29. The normalized spacial score (nSPS) is 11.6. The molecule has 9 aromatic rings. The van der Waals surface area contributed by atoms with Crippen molar-refractivity contribution in [3.8, 4) is 11.1 Å². The van der Waals surface area contributed by atoms with Gasteiger partial charge in [0, 0.05) is 43.6 Å². The van der Waals surface area contributed by atoms with E-state index in [2.05, 4.69) is 155 Å². The Kier molecular flexibility index (Phi) is 5.71. The van der Waals surface area contributed by atoms with Crippen LogP contribution in [0.1, 0.15) is 0 Å². The van der Waals surface area contributed by atoms with E-state index >= 15 is 0 Å². The summed E-state index contributed by atoms with van der Waals surface area (Å²) in [5, 5.41) is 9.92. The van der Waals surface area contributed by atoms with Crippen molar-refractivity contribution in [2.75, 3.05) is 4.90 Å². The average Bonchev–Trinajstić information content (AvgIpc) is 3.48. The van der Waals surface area contributed by atoms with E-state index in [0.717, 1.165) is 17.1 Å². The van der Waals surface area contributed by atoms with E-state index in [4.69, 9.17) is 0 Å². The van der Waals surface area contributed by atoms with Crippen LogP contribution < -0.4 is 4.90 Å². The molecule has 0 aliphatic rings. The van der Waals surface area contributed by atoms with E-state index in [0.29, 0.717) is 0 Å². The molecule has 0 saturated carbocycles. The molecule has 0 amide bonds. The highest BCUT2D eigenvalue weighted by atomic mass is 32.1. The molecule has 7 aromatic carbocycles. The van der Waals surface area contributed by atoms with Crippen molar-refractivity contribution >= 4 is 80.9 Å². The topological polar surface area (TPSA) is 16.1 Å². The Bertz CT molecular complexity index is 2490. The Balaban J connectivity index is 1.39. The third kappa shape index (κ3) is 3.90. The molecule has 0 atom stereocenters. The second kappa shape index (κ2) is 10.0. The number of benzene rings is 7. The van der Waals surface area contributed by atoms with Gasteiger partial charge in [0.15, 0.2) is 0 Å². The lowest BCUT2D eigenvalue weighted by atomic mass is 9.95. The number of anilines is 3. The summed E-state index contributed by atoms with van der Waals surface area (Å²) in [6.07, 6.45) is 3.90. The number of aromatic nitrogens is 1. The zero-order chi connectivity index (χ0) is 29.0. The van der Waals surface area contributed by atoms with Crippen molar-refractivity contribution in [1.82, 2.24) is 4.98 Å². The summed E-state index contributed by atoms with van der Waals surface area (Å²) in [5.74, 6) is 0. The maximum Gasteiger partial charge on any atom is 0.0555 e. The summed E-state index contributed by atoms with van der Waals surface area (Å²) < 4.78 is 2.50. The Morgan fingerprint density at radius 3 is 2.05 bits per heavy atom. The fourth-order valence-corrected chi connectivity index (χ4v) is 7.80. The number of hydrogen-bond donors (Lipinski definition) is 0. The van der Waals surface area contributed by atoms with Gasteiger partial charge in [-0.05, 0) is 74.5 Å². The molecule has 0 N–H and O–H groups in total. The molecule has 2 nitrogen and oxygen atoms in total. The molecule has 0 bridgehead atoms. The predicted molar refractivity (Wildman–Crippen MR) is 190 cm³/mol. The van der Waals surface area contributed by atoms with E-state index in [1.54, 1.807) is 0 Å². The van der Waals surface area contributed by atoms with Crippen LogP contribution in [0.25, 0.3) is 63.6 Å². The average molecular weight is 579 g/mol. The van der Waals surface area contributed by atoms with Gasteiger partial charge in [-0.15, -0.1) is 11.3 Å². The first-order valence-corrected chi connectivity index (χ1v) is 15.7. The first kappa shape index (κ1) is 25.0. The zero-order valence-electron chi connectivity index (χ0n) is 23.8. The summed E-state index contributed by atoms with van der Waals surface area (Å²) in [5.41, 5.74) is 5.84. The van der Waals surface area contributed by atoms with Crippen LogP contribution >= 0.6 is 11.3 Å². The Hall–Kier alpha value is -5.51. The monoisotopic (exact) mass is 578 g/mol. The Labute approximate surface area is 259 Å². The third-order valence-corrected chi connectivity index (χ3v) is 9.87. The van der Waals surface area contributed by atoms with Crippen molar-refractivity contribution in [3.05, 3.63) is 158 Å². The molecule has 0 aliphatic heterocycles. The van der Waals surface area contributed by atoms with E-state index in [1.807, 2.05) is 23.7 Å². The van der Waals surface area contributed by atoms with Crippen LogP contribution in [0.5, 0.6) is 0 Å². The first-order chi connectivity index (χ1) is 21.8. The molecule has 0 unspecified atom stereocenters. The minimum atomic E-state index is 1.12. The van der Waals surface area contributed by atoms with Crippen molar-refractivity contribution in [1.29, 1.82) is 0 Å². The molecular formula is C41H26N2S. The SMILES string of the molecule is c1ccc(-c2ccc(N(c3cc4c5ccccc5ccc4c4ccccc34)c3cccc4sc5ccncc5c34)cc2)cc1. The van der Waals surface area contributed by atoms with Crippen molar-refractivity contribution in [3.63, 3.8) is 0 Å². The van der Waals surface area contributed by atoms with E-state index in [-0.39, 0.29) is 0 Å². The fraction of sp³-hybridized carbons (Fsp3) is 0. The maximum absolute atomic E-state index is 4.54. The van der Waals surface area contributed by atoms with Gasteiger partial charge in [0.05, 0.1) is 11.4 Å².